The SMILES string of the molecule is CN1CCCC1COc1nc2cc(Cl)ccc2c2nc(N3CCNCC3)ncc12. The Kier molecular flexibility index (Phi) is 5.11. The van der Waals surface area contributed by atoms with E-state index in [4.69, 9.17) is 26.3 Å². The predicted octanol–water partition coefficient (Wildman–Crippen LogP) is 2.71. The summed E-state index contributed by atoms with van der Waals surface area (Å²) in [6.07, 6.45) is 4.22. The highest BCUT2D eigenvalue weighted by Crippen LogP contribution is 2.32. The third kappa shape index (κ3) is 3.70. The van der Waals surface area contributed by atoms with Gasteiger partial charge in [-0.1, -0.05) is 11.6 Å². The molecule has 0 spiro atoms. The lowest BCUT2D eigenvalue weighted by atomic mass is 10.1. The number of rotatable bonds is 4. The van der Waals surface area contributed by atoms with Crippen molar-refractivity contribution < 1.29 is 4.74 Å². The van der Waals surface area contributed by atoms with Crippen molar-refractivity contribution in [1.82, 2.24) is 25.2 Å². The molecule has 29 heavy (non-hydrogen) atoms. The van der Waals surface area contributed by atoms with Gasteiger partial charge in [0.15, 0.2) is 0 Å². The maximum absolute atomic E-state index is 6.24. The number of pyridine rings is 1. The third-order valence-corrected chi connectivity index (χ3v) is 6.16. The standard InChI is InChI=1S/C21H25ClN6O/c1-27-8-2-3-15(27)13-29-20-17-12-24-21(28-9-6-23-7-10-28)26-19(17)16-5-4-14(22)11-18(16)25-20/h4-5,11-12,15,23H,2-3,6-10,13H2,1H3. The molecule has 0 saturated carbocycles. The monoisotopic (exact) mass is 412 g/mol. The molecule has 5 rings (SSSR count). The molecular formula is C21H25ClN6O. The zero-order valence-electron chi connectivity index (χ0n) is 16.6. The van der Waals surface area contributed by atoms with Crippen LogP contribution in [-0.4, -0.2) is 72.3 Å². The van der Waals surface area contributed by atoms with Crippen molar-refractivity contribution in [2.45, 2.75) is 18.9 Å². The number of aromatic nitrogens is 3. The minimum Gasteiger partial charge on any atom is -0.475 e. The van der Waals surface area contributed by atoms with E-state index in [-0.39, 0.29) is 0 Å². The zero-order chi connectivity index (χ0) is 19.8. The number of fused-ring (bicyclic) bond motifs is 3. The molecule has 1 aromatic carbocycles. The number of hydrogen-bond donors (Lipinski definition) is 1. The van der Waals surface area contributed by atoms with Gasteiger partial charge in [-0.2, -0.15) is 0 Å². The first kappa shape index (κ1) is 18.8. The fourth-order valence-corrected chi connectivity index (χ4v) is 4.36. The van der Waals surface area contributed by atoms with Crippen LogP contribution in [0.25, 0.3) is 21.8 Å². The minimum atomic E-state index is 0.419. The van der Waals surface area contributed by atoms with Crippen LogP contribution in [0.3, 0.4) is 0 Å². The Morgan fingerprint density at radius 2 is 2.03 bits per heavy atom. The van der Waals surface area contributed by atoms with Gasteiger partial charge in [-0.15, -0.1) is 0 Å². The first-order valence-electron chi connectivity index (χ1n) is 10.2. The van der Waals surface area contributed by atoms with E-state index >= 15 is 0 Å². The summed E-state index contributed by atoms with van der Waals surface area (Å²) in [5.74, 6) is 1.34. The topological polar surface area (TPSA) is 66.4 Å². The molecule has 2 fully saturated rings. The Morgan fingerprint density at radius 1 is 1.17 bits per heavy atom. The van der Waals surface area contributed by atoms with E-state index in [9.17, 15) is 0 Å². The van der Waals surface area contributed by atoms with Gasteiger partial charge >= 0.3 is 0 Å². The van der Waals surface area contributed by atoms with Gasteiger partial charge in [0.25, 0.3) is 0 Å². The average molecular weight is 413 g/mol. The minimum absolute atomic E-state index is 0.419. The molecule has 2 aromatic heterocycles. The number of piperazine rings is 1. The van der Waals surface area contributed by atoms with E-state index in [1.165, 1.54) is 6.42 Å². The number of hydrogen-bond acceptors (Lipinski definition) is 7. The number of ether oxygens (including phenoxy) is 1. The molecule has 3 aromatic rings. The first-order valence-corrected chi connectivity index (χ1v) is 10.6. The largest absolute Gasteiger partial charge is 0.475 e. The molecule has 2 saturated heterocycles. The van der Waals surface area contributed by atoms with Gasteiger partial charge in [-0.05, 0) is 44.6 Å². The van der Waals surface area contributed by atoms with Crippen LogP contribution in [0, 0.1) is 0 Å². The summed E-state index contributed by atoms with van der Waals surface area (Å²) in [6, 6.07) is 6.15. The lowest BCUT2D eigenvalue weighted by Gasteiger charge is -2.27. The number of nitrogens with zero attached hydrogens (tertiary/aromatic N) is 5. The Bertz CT molecular complexity index is 1040. The van der Waals surface area contributed by atoms with Crippen molar-refractivity contribution in [3.63, 3.8) is 0 Å². The molecule has 2 aliphatic heterocycles. The normalized spacial score (nSPS) is 20.6. The molecule has 0 amide bonds. The number of halogens is 1. The van der Waals surface area contributed by atoms with Gasteiger partial charge in [0.05, 0.1) is 16.4 Å². The summed E-state index contributed by atoms with van der Waals surface area (Å²) < 4.78 is 6.21. The Hall–Kier alpha value is -2.22. The second-order valence-corrected chi connectivity index (χ2v) is 8.27. The van der Waals surface area contributed by atoms with E-state index in [0.29, 0.717) is 23.6 Å². The molecule has 7 nitrogen and oxygen atoms in total. The summed E-state index contributed by atoms with van der Waals surface area (Å²) in [7, 11) is 2.15. The van der Waals surface area contributed by atoms with Gasteiger partial charge in [-0.3, -0.25) is 0 Å². The van der Waals surface area contributed by atoms with E-state index < -0.39 is 0 Å². The first-order chi connectivity index (χ1) is 14.2. The number of anilines is 1. The summed E-state index contributed by atoms with van der Waals surface area (Å²) in [4.78, 5) is 18.9. The second-order valence-electron chi connectivity index (χ2n) is 7.84. The van der Waals surface area contributed by atoms with E-state index in [1.54, 1.807) is 0 Å². The van der Waals surface area contributed by atoms with Crippen molar-refractivity contribution in [3.8, 4) is 5.88 Å². The molecule has 1 N–H and O–H groups in total. The Labute approximate surface area is 175 Å². The van der Waals surface area contributed by atoms with Crippen LogP contribution in [0.1, 0.15) is 12.8 Å². The van der Waals surface area contributed by atoms with Gasteiger partial charge < -0.3 is 19.9 Å². The van der Waals surface area contributed by atoms with Crippen LogP contribution in [0.2, 0.25) is 5.02 Å². The van der Waals surface area contributed by atoms with Gasteiger partial charge in [-0.25, -0.2) is 15.0 Å². The zero-order valence-corrected chi connectivity index (χ0v) is 17.3. The molecular weight excluding hydrogens is 388 g/mol. The van der Waals surface area contributed by atoms with Gasteiger partial charge in [0, 0.05) is 48.8 Å². The smallest absolute Gasteiger partial charge is 0.225 e. The van der Waals surface area contributed by atoms with Crippen LogP contribution in [0.4, 0.5) is 5.95 Å². The molecule has 1 unspecified atom stereocenters. The molecule has 4 heterocycles. The molecule has 1 atom stereocenters. The number of benzene rings is 1. The Morgan fingerprint density at radius 3 is 2.83 bits per heavy atom. The van der Waals surface area contributed by atoms with Gasteiger partial charge in [0.2, 0.25) is 11.8 Å². The van der Waals surface area contributed by atoms with Crippen LogP contribution < -0.4 is 15.0 Å². The highest BCUT2D eigenvalue weighted by Gasteiger charge is 2.23. The third-order valence-electron chi connectivity index (χ3n) is 5.93. The molecule has 2 aliphatic rings. The van der Waals surface area contributed by atoms with Crippen LogP contribution in [0.15, 0.2) is 24.4 Å². The number of likely N-dealkylation sites (tertiary alicyclic amines) is 1. The molecule has 152 valence electrons. The van der Waals surface area contributed by atoms with Gasteiger partial charge in [0.1, 0.15) is 6.61 Å². The summed E-state index contributed by atoms with van der Waals surface area (Å²) in [5, 5.41) is 5.84. The lowest BCUT2D eigenvalue weighted by Crippen LogP contribution is -2.44. The molecule has 0 aliphatic carbocycles. The molecule has 0 bridgehead atoms. The fraction of sp³-hybridized carbons (Fsp3) is 0.476. The second kappa shape index (κ2) is 7.89. The quantitative estimate of drug-likeness (QED) is 0.661. The average Bonchev–Trinajstić information content (AvgIpc) is 3.16. The number of nitrogens with one attached hydrogen (secondary N) is 1. The maximum atomic E-state index is 6.24. The summed E-state index contributed by atoms with van der Waals surface area (Å²) in [6.45, 7) is 5.42. The Balaban J connectivity index is 1.57. The predicted molar refractivity (Wildman–Crippen MR) is 116 cm³/mol. The molecule has 8 heteroatoms. The highest BCUT2D eigenvalue weighted by molar-refractivity contribution is 6.31. The van der Waals surface area contributed by atoms with E-state index in [0.717, 1.165) is 66.9 Å². The van der Waals surface area contributed by atoms with Crippen LogP contribution in [-0.2, 0) is 0 Å². The van der Waals surface area contributed by atoms with Crippen molar-refractivity contribution in [2.75, 3.05) is 51.3 Å². The van der Waals surface area contributed by atoms with Crippen LogP contribution in [0.5, 0.6) is 5.88 Å². The number of likely N-dealkylation sites (N-methyl/N-ethyl adjacent to an activating group) is 1. The fourth-order valence-electron chi connectivity index (χ4n) is 4.19. The van der Waals surface area contributed by atoms with Crippen molar-refractivity contribution in [2.24, 2.45) is 0 Å². The van der Waals surface area contributed by atoms with E-state index in [2.05, 4.69) is 27.1 Å². The lowest BCUT2D eigenvalue weighted by molar-refractivity contribution is 0.195. The summed E-state index contributed by atoms with van der Waals surface area (Å²) in [5.41, 5.74) is 1.66. The van der Waals surface area contributed by atoms with Crippen molar-refractivity contribution in [1.29, 1.82) is 0 Å². The van der Waals surface area contributed by atoms with Crippen molar-refractivity contribution in [3.05, 3.63) is 29.4 Å². The van der Waals surface area contributed by atoms with E-state index in [1.807, 2.05) is 24.4 Å². The van der Waals surface area contributed by atoms with Crippen molar-refractivity contribution >= 4 is 39.4 Å². The highest BCUT2D eigenvalue weighted by atomic mass is 35.5. The molecule has 0 radical (unpaired) electrons. The van der Waals surface area contributed by atoms with Crippen LogP contribution >= 0.6 is 11.6 Å². The summed E-state index contributed by atoms with van der Waals surface area (Å²) >= 11 is 6.24. The maximum Gasteiger partial charge on any atom is 0.225 e.